The van der Waals surface area contributed by atoms with Gasteiger partial charge < -0.3 is 5.11 Å². The van der Waals surface area contributed by atoms with E-state index in [-0.39, 0.29) is 17.9 Å². The van der Waals surface area contributed by atoms with E-state index in [4.69, 9.17) is 0 Å². The summed E-state index contributed by atoms with van der Waals surface area (Å²) >= 11 is 0. The van der Waals surface area contributed by atoms with Crippen molar-refractivity contribution < 1.29 is 9.50 Å². The predicted molar refractivity (Wildman–Crippen MR) is 112 cm³/mol. The number of aliphatic hydroxyl groups excluding tert-OH is 1. The van der Waals surface area contributed by atoms with Gasteiger partial charge >= 0.3 is 0 Å². The number of fused-ring (bicyclic) bond motifs is 1. The maximum Gasteiger partial charge on any atom is 0.274 e. The fourth-order valence-electron chi connectivity index (χ4n) is 3.50. The summed E-state index contributed by atoms with van der Waals surface area (Å²) in [5.41, 5.74) is 4.06. The van der Waals surface area contributed by atoms with Crippen LogP contribution in [0.4, 0.5) is 4.39 Å². The molecule has 1 N–H and O–H groups in total. The van der Waals surface area contributed by atoms with Crippen LogP contribution < -0.4 is 5.56 Å². The summed E-state index contributed by atoms with van der Waals surface area (Å²) in [5, 5.41) is 16.5. The molecule has 0 aliphatic carbocycles. The van der Waals surface area contributed by atoms with Crippen LogP contribution in [-0.2, 0) is 6.54 Å². The van der Waals surface area contributed by atoms with Gasteiger partial charge in [-0.2, -0.15) is 5.10 Å². The number of rotatable bonds is 4. The van der Waals surface area contributed by atoms with Crippen LogP contribution in [0.15, 0.2) is 71.5 Å². The lowest BCUT2D eigenvalue weighted by atomic mass is 9.99. The lowest BCUT2D eigenvalue weighted by molar-refractivity contribution is 0.149. The first-order chi connectivity index (χ1) is 13.9. The van der Waals surface area contributed by atoms with Crippen LogP contribution in [0.25, 0.3) is 22.0 Å². The van der Waals surface area contributed by atoms with E-state index in [0.717, 1.165) is 22.1 Å². The third-order valence-corrected chi connectivity index (χ3v) is 5.12. The molecule has 0 radical (unpaired) electrons. The van der Waals surface area contributed by atoms with Crippen LogP contribution in [0.2, 0.25) is 0 Å². The molecular weight excluding hydrogens is 367 g/mol. The zero-order valence-corrected chi connectivity index (χ0v) is 16.3. The summed E-state index contributed by atoms with van der Waals surface area (Å²) < 4.78 is 14.5. The minimum Gasteiger partial charge on any atom is -0.386 e. The molecule has 1 atom stereocenters. The number of halogens is 1. The topological polar surface area (TPSA) is 55.1 Å². The van der Waals surface area contributed by atoms with Crippen LogP contribution >= 0.6 is 0 Å². The summed E-state index contributed by atoms with van der Waals surface area (Å²) in [6.45, 7) is 4.00. The van der Waals surface area contributed by atoms with Crippen molar-refractivity contribution in [2.24, 2.45) is 0 Å². The highest BCUT2D eigenvalue weighted by molar-refractivity contribution is 5.94. The molecule has 0 saturated heterocycles. The number of benzene rings is 3. The molecule has 4 nitrogen and oxygen atoms in total. The molecule has 1 heterocycles. The Kier molecular flexibility index (Phi) is 4.99. The first-order valence-electron chi connectivity index (χ1n) is 9.45. The van der Waals surface area contributed by atoms with Crippen molar-refractivity contribution in [3.63, 3.8) is 0 Å². The SMILES string of the molecule is Cc1ccc(C)c(-c2nn(C[C@H](O)c3ccc(F)cc3)c(=O)c3ccccc23)c1. The molecule has 29 heavy (non-hydrogen) atoms. The van der Waals surface area contributed by atoms with Crippen LogP contribution in [0.3, 0.4) is 0 Å². The van der Waals surface area contributed by atoms with Crippen LogP contribution in [0.5, 0.6) is 0 Å². The summed E-state index contributed by atoms with van der Waals surface area (Å²) in [5.74, 6) is -0.376. The Morgan fingerprint density at radius 1 is 1.00 bits per heavy atom. The highest BCUT2D eigenvalue weighted by Gasteiger charge is 2.17. The maximum atomic E-state index is 13.2. The lowest BCUT2D eigenvalue weighted by Crippen LogP contribution is -2.26. The Bertz CT molecular complexity index is 1250. The largest absolute Gasteiger partial charge is 0.386 e. The predicted octanol–water partition coefficient (Wildman–Crippen LogP) is 4.55. The molecule has 0 aliphatic heterocycles. The van der Waals surface area contributed by atoms with Crippen LogP contribution in [0, 0.1) is 19.7 Å². The van der Waals surface area contributed by atoms with Gasteiger partial charge in [0.1, 0.15) is 5.82 Å². The number of aliphatic hydroxyl groups is 1. The van der Waals surface area contributed by atoms with E-state index in [2.05, 4.69) is 11.2 Å². The quantitative estimate of drug-likeness (QED) is 0.558. The number of hydrogen-bond acceptors (Lipinski definition) is 3. The number of aryl methyl sites for hydroxylation is 2. The molecule has 3 aromatic carbocycles. The van der Waals surface area contributed by atoms with Gasteiger partial charge in [-0.15, -0.1) is 0 Å². The second kappa shape index (κ2) is 7.60. The van der Waals surface area contributed by atoms with E-state index in [1.807, 2.05) is 44.2 Å². The molecule has 5 heteroatoms. The monoisotopic (exact) mass is 388 g/mol. The first kappa shape index (κ1) is 19.0. The van der Waals surface area contributed by atoms with Gasteiger partial charge in [-0.1, -0.05) is 48.0 Å². The Morgan fingerprint density at radius 3 is 2.41 bits per heavy atom. The van der Waals surface area contributed by atoms with Crippen molar-refractivity contribution >= 4 is 10.8 Å². The third-order valence-electron chi connectivity index (χ3n) is 5.12. The summed E-state index contributed by atoms with van der Waals surface area (Å²) in [6, 6.07) is 19.1. The molecule has 4 aromatic rings. The fourth-order valence-corrected chi connectivity index (χ4v) is 3.50. The minimum absolute atomic E-state index is 0.0207. The first-order valence-corrected chi connectivity index (χ1v) is 9.45. The van der Waals surface area contributed by atoms with Gasteiger partial charge in [0.25, 0.3) is 5.56 Å². The molecule has 146 valence electrons. The standard InChI is InChI=1S/C24H21FN2O2/c1-15-7-8-16(2)21(13-15)23-19-5-3-4-6-20(19)24(29)27(26-23)14-22(28)17-9-11-18(25)12-10-17/h3-13,22,28H,14H2,1-2H3/t22-/m0/s1. The van der Waals surface area contributed by atoms with Gasteiger partial charge in [0.05, 0.1) is 23.7 Å². The number of hydrogen-bond donors (Lipinski definition) is 1. The van der Waals surface area contributed by atoms with Gasteiger partial charge in [-0.25, -0.2) is 9.07 Å². The smallest absolute Gasteiger partial charge is 0.274 e. The van der Waals surface area contributed by atoms with Gasteiger partial charge in [-0.05, 0) is 49.2 Å². The van der Waals surface area contributed by atoms with Crippen LogP contribution in [-0.4, -0.2) is 14.9 Å². The minimum atomic E-state index is -0.978. The molecule has 1 aromatic heterocycles. The molecule has 0 bridgehead atoms. The second-order valence-electron chi connectivity index (χ2n) is 7.27. The van der Waals surface area contributed by atoms with E-state index >= 15 is 0 Å². The highest BCUT2D eigenvalue weighted by Crippen LogP contribution is 2.28. The summed E-state index contributed by atoms with van der Waals surface area (Å²) in [6.07, 6.45) is -0.978. The third kappa shape index (κ3) is 3.69. The van der Waals surface area contributed by atoms with E-state index in [1.165, 1.54) is 28.9 Å². The van der Waals surface area contributed by atoms with Gasteiger partial charge in [0, 0.05) is 10.9 Å². The molecule has 0 amide bonds. The molecule has 0 fully saturated rings. The highest BCUT2D eigenvalue weighted by atomic mass is 19.1. The maximum absolute atomic E-state index is 13.2. The Hall–Kier alpha value is -3.31. The van der Waals surface area contributed by atoms with E-state index < -0.39 is 6.10 Å². The Balaban J connectivity index is 1.87. The van der Waals surface area contributed by atoms with Crippen molar-refractivity contribution in [3.05, 3.63) is 99.6 Å². The fraction of sp³-hybridized carbons (Fsp3) is 0.167. The van der Waals surface area contributed by atoms with Gasteiger partial charge in [-0.3, -0.25) is 4.79 Å². The average Bonchev–Trinajstić information content (AvgIpc) is 2.72. The number of nitrogens with zero attached hydrogens (tertiary/aromatic N) is 2. The molecule has 0 spiro atoms. The molecule has 0 aliphatic rings. The van der Waals surface area contributed by atoms with Gasteiger partial charge in [0.15, 0.2) is 0 Å². The summed E-state index contributed by atoms with van der Waals surface area (Å²) in [7, 11) is 0. The number of aromatic nitrogens is 2. The zero-order valence-electron chi connectivity index (χ0n) is 16.3. The van der Waals surface area contributed by atoms with Crippen molar-refractivity contribution in [1.29, 1.82) is 0 Å². The van der Waals surface area contributed by atoms with Crippen LogP contribution in [0.1, 0.15) is 22.8 Å². The Morgan fingerprint density at radius 2 is 1.69 bits per heavy atom. The molecular formula is C24H21FN2O2. The van der Waals surface area contributed by atoms with E-state index in [9.17, 15) is 14.3 Å². The van der Waals surface area contributed by atoms with Crippen molar-refractivity contribution in [3.8, 4) is 11.3 Å². The average molecular weight is 388 g/mol. The molecule has 4 rings (SSSR count). The van der Waals surface area contributed by atoms with Crippen molar-refractivity contribution in [1.82, 2.24) is 9.78 Å². The van der Waals surface area contributed by atoms with Crippen molar-refractivity contribution in [2.75, 3.05) is 0 Å². The van der Waals surface area contributed by atoms with E-state index in [1.54, 1.807) is 6.07 Å². The normalized spacial score (nSPS) is 12.3. The molecule has 0 saturated carbocycles. The summed E-state index contributed by atoms with van der Waals surface area (Å²) in [4.78, 5) is 13.0. The zero-order chi connectivity index (χ0) is 20.5. The van der Waals surface area contributed by atoms with Crippen molar-refractivity contribution in [2.45, 2.75) is 26.5 Å². The lowest BCUT2D eigenvalue weighted by Gasteiger charge is -2.16. The second-order valence-corrected chi connectivity index (χ2v) is 7.27. The van der Waals surface area contributed by atoms with Gasteiger partial charge in [0.2, 0.25) is 0 Å². The molecule has 0 unspecified atom stereocenters. The van der Waals surface area contributed by atoms with E-state index in [0.29, 0.717) is 16.6 Å². The Labute approximate surface area is 167 Å².